The molecule has 0 fully saturated rings. The predicted molar refractivity (Wildman–Crippen MR) is 81.0 cm³/mol. The Morgan fingerprint density at radius 2 is 2.00 bits per heavy atom. The maximum absolute atomic E-state index is 12.4. The molecule has 0 aliphatic heterocycles. The van der Waals surface area contributed by atoms with Crippen LogP contribution < -0.4 is 0 Å². The van der Waals surface area contributed by atoms with Gasteiger partial charge in [0.2, 0.25) is 0 Å². The Morgan fingerprint density at radius 1 is 1.25 bits per heavy atom. The first-order chi connectivity index (χ1) is 9.47. The van der Waals surface area contributed by atoms with Crippen LogP contribution in [0.15, 0.2) is 36.5 Å². The molecule has 104 valence electrons. The van der Waals surface area contributed by atoms with E-state index in [0.717, 1.165) is 22.4 Å². The maximum Gasteiger partial charge on any atom is 0.254 e. The molecule has 0 N–H and O–H groups in total. The number of carbonyl (C=O) groups excluding carboxylic acids is 1. The van der Waals surface area contributed by atoms with Crippen molar-refractivity contribution in [3.8, 4) is 0 Å². The maximum atomic E-state index is 12.4. The normalized spacial score (nSPS) is 10.4. The van der Waals surface area contributed by atoms with Crippen LogP contribution in [0.5, 0.6) is 0 Å². The highest BCUT2D eigenvalue weighted by molar-refractivity contribution is 6.30. The zero-order valence-electron chi connectivity index (χ0n) is 11.9. The average molecular weight is 289 g/mol. The van der Waals surface area contributed by atoms with E-state index in [2.05, 4.69) is 4.98 Å². The van der Waals surface area contributed by atoms with Crippen LogP contribution >= 0.6 is 11.6 Å². The highest BCUT2D eigenvalue weighted by Gasteiger charge is 2.14. The molecule has 0 aliphatic rings. The number of rotatable bonds is 3. The second-order valence-electron chi connectivity index (χ2n) is 4.94. The number of benzene rings is 1. The minimum Gasteiger partial charge on any atom is -0.336 e. The fraction of sp³-hybridized carbons (Fsp3) is 0.250. The van der Waals surface area contributed by atoms with Crippen LogP contribution in [0.3, 0.4) is 0 Å². The summed E-state index contributed by atoms with van der Waals surface area (Å²) in [5, 5.41) is 0.627. The zero-order valence-corrected chi connectivity index (χ0v) is 12.6. The lowest BCUT2D eigenvalue weighted by Crippen LogP contribution is -2.27. The van der Waals surface area contributed by atoms with Crippen molar-refractivity contribution in [3.63, 3.8) is 0 Å². The first-order valence-corrected chi connectivity index (χ1v) is 6.78. The molecule has 0 saturated carbocycles. The summed E-state index contributed by atoms with van der Waals surface area (Å²) in [7, 11) is 1.77. The summed E-state index contributed by atoms with van der Waals surface area (Å²) in [5.74, 6) is -0.00993. The summed E-state index contributed by atoms with van der Waals surface area (Å²) < 4.78 is 0. The molecule has 3 nitrogen and oxygen atoms in total. The molecule has 0 unspecified atom stereocenters. The van der Waals surface area contributed by atoms with Crippen molar-refractivity contribution in [1.82, 2.24) is 9.88 Å². The molecule has 2 rings (SSSR count). The zero-order chi connectivity index (χ0) is 14.7. The molecule has 0 atom stereocenters. The van der Waals surface area contributed by atoms with Crippen molar-refractivity contribution in [1.29, 1.82) is 0 Å². The average Bonchev–Trinajstić information content (AvgIpc) is 2.38. The van der Waals surface area contributed by atoms with E-state index in [0.29, 0.717) is 11.6 Å². The highest BCUT2D eigenvalue weighted by Crippen LogP contribution is 2.15. The molecule has 0 saturated heterocycles. The molecule has 1 aromatic heterocycles. The van der Waals surface area contributed by atoms with Gasteiger partial charge in [0.1, 0.15) is 0 Å². The monoisotopic (exact) mass is 288 g/mol. The first kappa shape index (κ1) is 14.5. The van der Waals surface area contributed by atoms with E-state index >= 15 is 0 Å². The van der Waals surface area contributed by atoms with Crippen LogP contribution in [0, 0.1) is 13.8 Å². The first-order valence-electron chi connectivity index (χ1n) is 6.40. The van der Waals surface area contributed by atoms with Gasteiger partial charge in [-0.25, -0.2) is 0 Å². The summed E-state index contributed by atoms with van der Waals surface area (Å²) in [4.78, 5) is 18.3. The van der Waals surface area contributed by atoms with Gasteiger partial charge in [0.05, 0.1) is 12.2 Å². The van der Waals surface area contributed by atoms with Gasteiger partial charge in [-0.15, -0.1) is 0 Å². The number of hydrogen-bond donors (Lipinski definition) is 0. The molecule has 0 aliphatic carbocycles. The molecule has 0 bridgehead atoms. The molecular formula is C16H17ClN2O. The molecule has 2 aromatic rings. The molecule has 0 spiro atoms. The topological polar surface area (TPSA) is 33.2 Å². The van der Waals surface area contributed by atoms with Crippen molar-refractivity contribution < 1.29 is 4.79 Å². The van der Waals surface area contributed by atoms with Gasteiger partial charge in [-0.2, -0.15) is 0 Å². The highest BCUT2D eigenvalue weighted by atomic mass is 35.5. The van der Waals surface area contributed by atoms with Gasteiger partial charge in [0.25, 0.3) is 5.91 Å². The fourth-order valence-corrected chi connectivity index (χ4v) is 2.29. The molecule has 4 heteroatoms. The standard InChI is InChI=1S/C16H17ClN2O/c1-11-4-5-15(12(2)8-11)16(20)19(3)10-14-9-13(17)6-7-18-14/h4-9H,10H2,1-3H3. The van der Waals surface area contributed by atoms with Gasteiger partial charge in [0, 0.05) is 23.8 Å². The Morgan fingerprint density at radius 3 is 2.65 bits per heavy atom. The Bertz CT molecular complexity index is 640. The van der Waals surface area contributed by atoms with Gasteiger partial charge < -0.3 is 4.90 Å². The Kier molecular flexibility index (Phi) is 4.40. The van der Waals surface area contributed by atoms with E-state index in [-0.39, 0.29) is 5.91 Å². The molecule has 1 aromatic carbocycles. The van der Waals surface area contributed by atoms with Crippen molar-refractivity contribution >= 4 is 17.5 Å². The van der Waals surface area contributed by atoms with Crippen molar-refractivity contribution in [2.75, 3.05) is 7.05 Å². The van der Waals surface area contributed by atoms with Crippen LogP contribution in [-0.2, 0) is 6.54 Å². The largest absolute Gasteiger partial charge is 0.336 e. The van der Waals surface area contributed by atoms with Gasteiger partial charge in [-0.05, 0) is 37.6 Å². The summed E-state index contributed by atoms with van der Waals surface area (Å²) in [6, 6.07) is 9.32. The van der Waals surface area contributed by atoms with Crippen LogP contribution in [-0.4, -0.2) is 22.8 Å². The minimum absolute atomic E-state index is 0.00993. The van der Waals surface area contributed by atoms with E-state index in [1.165, 1.54) is 0 Å². The lowest BCUT2D eigenvalue weighted by Gasteiger charge is -2.18. The third-order valence-corrected chi connectivity index (χ3v) is 3.37. The Hall–Kier alpha value is -1.87. The summed E-state index contributed by atoms with van der Waals surface area (Å²) in [6.07, 6.45) is 1.65. The quantitative estimate of drug-likeness (QED) is 0.864. The smallest absolute Gasteiger partial charge is 0.254 e. The van der Waals surface area contributed by atoms with Crippen LogP contribution in [0.4, 0.5) is 0 Å². The molecular weight excluding hydrogens is 272 g/mol. The minimum atomic E-state index is -0.00993. The number of nitrogens with zero attached hydrogens (tertiary/aromatic N) is 2. The lowest BCUT2D eigenvalue weighted by molar-refractivity contribution is 0.0782. The van der Waals surface area contributed by atoms with Crippen molar-refractivity contribution in [2.45, 2.75) is 20.4 Å². The Labute approximate surface area is 124 Å². The van der Waals surface area contributed by atoms with Gasteiger partial charge in [-0.3, -0.25) is 9.78 Å². The van der Waals surface area contributed by atoms with Crippen LogP contribution in [0.1, 0.15) is 27.2 Å². The number of aromatic nitrogens is 1. The molecule has 20 heavy (non-hydrogen) atoms. The van der Waals surface area contributed by atoms with E-state index < -0.39 is 0 Å². The van der Waals surface area contributed by atoms with Crippen molar-refractivity contribution in [2.24, 2.45) is 0 Å². The van der Waals surface area contributed by atoms with Crippen molar-refractivity contribution in [3.05, 3.63) is 63.9 Å². The van der Waals surface area contributed by atoms with Gasteiger partial charge >= 0.3 is 0 Å². The summed E-state index contributed by atoms with van der Waals surface area (Å²) in [6.45, 7) is 4.40. The second kappa shape index (κ2) is 6.06. The number of aryl methyl sites for hydroxylation is 2. The summed E-state index contributed by atoms with van der Waals surface area (Å²) >= 11 is 5.92. The van der Waals surface area contributed by atoms with E-state index in [4.69, 9.17) is 11.6 Å². The number of hydrogen-bond acceptors (Lipinski definition) is 2. The fourth-order valence-electron chi connectivity index (χ4n) is 2.11. The lowest BCUT2D eigenvalue weighted by atomic mass is 10.0. The number of carbonyl (C=O) groups is 1. The number of amides is 1. The molecule has 1 heterocycles. The Balaban J connectivity index is 2.16. The number of pyridine rings is 1. The van der Waals surface area contributed by atoms with Crippen LogP contribution in [0.2, 0.25) is 5.02 Å². The van der Waals surface area contributed by atoms with Crippen LogP contribution in [0.25, 0.3) is 0 Å². The van der Waals surface area contributed by atoms with Gasteiger partial charge in [0.15, 0.2) is 0 Å². The van der Waals surface area contributed by atoms with Gasteiger partial charge in [-0.1, -0.05) is 29.3 Å². The summed E-state index contributed by atoms with van der Waals surface area (Å²) in [5.41, 5.74) is 3.64. The predicted octanol–water partition coefficient (Wildman–Crippen LogP) is 3.62. The molecule has 0 radical (unpaired) electrons. The van der Waals surface area contributed by atoms with E-state index in [9.17, 15) is 4.79 Å². The van der Waals surface area contributed by atoms with E-state index in [1.54, 1.807) is 30.3 Å². The SMILES string of the molecule is Cc1ccc(C(=O)N(C)Cc2cc(Cl)ccn2)c(C)c1. The number of halogens is 1. The van der Waals surface area contributed by atoms with E-state index in [1.807, 2.05) is 32.0 Å². The third-order valence-electron chi connectivity index (χ3n) is 3.14. The molecule has 1 amide bonds. The second-order valence-corrected chi connectivity index (χ2v) is 5.38. The third kappa shape index (κ3) is 3.36.